The Labute approximate surface area is 130 Å². The molecular formula is C16H24O4S. The number of rotatable bonds is 8. The van der Waals surface area contributed by atoms with E-state index in [2.05, 4.69) is 12.2 Å². The summed E-state index contributed by atoms with van der Waals surface area (Å²) < 4.78 is 6.00. The third-order valence-corrected chi connectivity index (χ3v) is 5.36. The largest absolute Gasteiger partial charge is 0.481 e. The van der Waals surface area contributed by atoms with Crippen LogP contribution in [0.4, 0.5) is 0 Å². The van der Waals surface area contributed by atoms with Crippen LogP contribution in [0.1, 0.15) is 45.4 Å². The quantitative estimate of drug-likeness (QED) is 0.550. The highest BCUT2D eigenvalue weighted by atomic mass is 32.2. The molecule has 0 amide bonds. The first-order valence-corrected chi connectivity index (χ1v) is 8.72. The molecule has 0 unspecified atom stereocenters. The van der Waals surface area contributed by atoms with Crippen LogP contribution in [0, 0.1) is 11.8 Å². The van der Waals surface area contributed by atoms with Crippen molar-refractivity contribution in [2.24, 2.45) is 11.8 Å². The van der Waals surface area contributed by atoms with Crippen LogP contribution in [0.5, 0.6) is 0 Å². The van der Waals surface area contributed by atoms with Gasteiger partial charge in [0.2, 0.25) is 0 Å². The number of carboxylic acids is 1. The molecule has 2 fully saturated rings. The molecule has 2 heterocycles. The molecule has 2 aliphatic heterocycles. The minimum atomic E-state index is -0.730. The fraction of sp³-hybridized carbons (Fsp3) is 0.750. The van der Waals surface area contributed by atoms with E-state index < -0.39 is 5.97 Å². The molecule has 118 valence electrons. The summed E-state index contributed by atoms with van der Waals surface area (Å²) in [6.45, 7) is 1.62. The minimum absolute atomic E-state index is 0.181. The maximum absolute atomic E-state index is 11.2. The van der Waals surface area contributed by atoms with Gasteiger partial charge >= 0.3 is 5.97 Å². The lowest BCUT2D eigenvalue weighted by Gasteiger charge is -2.26. The van der Waals surface area contributed by atoms with E-state index in [9.17, 15) is 9.59 Å². The Bertz CT molecular complexity index is 407. The summed E-state index contributed by atoms with van der Waals surface area (Å²) >= 11 is 1.41. The van der Waals surface area contributed by atoms with Gasteiger partial charge in [0.05, 0.1) is 12.2 Å². The number of hydrogen-bond acceptors (Lipinski definition) is 4. The smallest absolute Gasteiger partial charge is 0.303 e. The van der Waals surface area contributed by atoms with Crippen molar-refractivity contribution >= 4 is 22.8 Å². The third-order valence-electron chi connectivity index (χ3n) is 4.41. The van der Waals surface area contributed by atoms with Gasteiger partial charge in [-0.25, -0.2) is 0 Å². The molecule has 2 saturated heterocycles. The third kappa shape index (κ3) is 4.85. The van der Waals surface area contributed by atoms with E-state index in [1.54, 1.807) is 6.92 Å². The standard InChI is InChI=1S/C16H24O4S/c1-11(17)21-10-13-12(14-8-9-15(13)20-14)6-4-2-3-5-7-16(18)19/h2,4,12-15H,3,5-10H2,1H3,(H,18,19)/b4-2-/t12-,13+,14-,15+/m1/s1. The number of ether oxygens (including phenoxy) is 1. The molecule has 1 N–H and O–H groups in total. The maximum Gasteiger partial charge on any atom is 0.303 e. The van der Waals surface area contributed by atoms with E-state index in [4.69, 9.17) is 9.84 Å². The number of carbonyl (C=O) groups is 2. The van der Waals surface area contributed by atoms with Gasteiger partial charge in [-0.2, -0.15) is 0 Å². The van der Waals surface area contributed by atoms with E-state index >= 15 is 0 Å². The van der Waals surface area contributed by atoms with Crippen molar-refractivity contribution in [3.63, 3.8) is 0 Å². The van der Waals surface area contributed by atoms with Crippen LogP contribution in [-0.2, 0) is 14.3 Å². The van der Waals surface area contributed by atoms with E-state index in [-0.39, 0.29) is 11.5 Å². The van der Waals surface area contributed by atoms with Gasteiger partial charge < -0.3 is 9.84 Å². The molecule has 4 nitrogen and oxygen atoms in total. The molecular weight excluding hydrogens is 288 g/mol. The molecule has 0 spiro atoms. The molecule has 2 rings (SSSR count). The van der Waals surface area contributed by atoms with E-state index in [0.717, 1.165) is 31.4 Å². The average molecular weight is 312 g/mol. The predicted molar refractivity (Wildman–Crippen MR) is 83.3 cm³/mol. The zero-order valence-corrected chi connectivity index (χ0v) is 13.3. The minimum Gasteiger partial charge on any atom is -0.481 e. The molecule has 2 bridgehead atoms. The van der Waals surface area contributed by atoms with Crippen molar-refractivity contribution in [2.45, 2.75) is 57.7 Å². The van der Waals surface area contributed by atoms with Crippen LogP contribution in [0.2, 0.25) is 0 Å². The Morgan fingerprint density at radius 2 is 1.95 bits per heavy atom. The van der Waals surface area contributed by atoms with Gasteiger partial charge in [0, 0.05) is 25.0 Å². The van der Waals surface area contributed by atoms with Crippen molar-refractivity contribution in [2.75, 3.05) is 5.75 Å². The van der Waals surface area contributed by atoms with Crippen LogP contribution >= 0.6 is 11.8 Å². The predicted octanol–water partition coefficient (Wildman–Crippen LogP) is 3.26. The fourth-order valence-electron chi connectivity index (χ4n) is 3.38. The molecule has 5 heteroatoms. The molecule has 0 aromatic rings. The lowest BCUT2D eigenvalue weighted by molar-refractivity contribution is -0.137. The average Bonchev–Trinajstić information content (AvgIpc) is 3.01. The van der Waals surface area contributed by atoms with Crippen molar-refractivity contribution in [1.29, 1.82) is 0 Å². The molecule has 0 aromatic carbocycles. The first-order chi connectivity index (χ1) is 10.1. The fourth-order valence-corrected chi connectivity index (χ4v) is 4.27. The Morgan fingerprint density at radius 1 is 1.24 bits per heavy atom. The van der Waals surface area contributed by atoms with Crippen molar-refractivity contribution in [1.82, 2.24) is 0 Å². The summed E-state index contributed by atoms with van der Waals surface area (Å²) in [4.78, 5) is 21.6. The molecule has 2 aliphatic rings. The highest BCUT2D eigenvalue weighted by Crippen LogP contribution is 2.46. The summed E-state index contributed by atoms with van der Waals surface area (Å²) in [6.07, 6.45) is 9.96. The van der Waals surface area contributed by atoms with Crippen LogP contribution in [0.15, 0.2) is 12.2 Å². The number of fused-ring (bicyclic) bond motifs is 2. The summed E-state index contributed by atoms with van der Waals surface area (Å²) in [7, 11) is 0. The number of thioether (sulfide) groups is 1. The van der Waals surface area contributed by atoms with Crippen LogP contribution in [0.25, 0.3) is 0 Å². The van der Waals surface area contributed by atoms with Crippen molar-refractivity contribution in [3.05, 3.63) is 12.2 Å². The second-order valence-electron chi connectivity index (χ2n) is 5.91. The zero-order chi connectivity index (χ0) is 15.2. The van der Waals surface area contributed by atoms with E-state index in [1.165, 1.54) is 11.8 Å². The first kappa shape index (κ1) is 16.6. The molecule has 0 radical (unpaired) electrons. The molecule has 21 heavy (non-hydrogen) atoms. The number of allylic oxidation sites excluding steroid dienone is 2. The summed E-state index contributed by atoms with van der Waals surface area (Å²) in [5.74, 6) is 1.15. The number of hydrogen-bond donors (Lipinski definition) is 1. The van der Waals surface area contributed by atoms with E-state index in [0.29, 0.717) is 30.5 Å². The van der Waals surface area contributed by atoms with Gasteiger partial charge in [0.25, 0.3) is 0 Å². The Hall–Kier alpha value is -0.810. The lowest BCUT2D eigenvalue weighted by atomic mass is 9.78. The van der Waals surface area contributed by atoms with Crippen LogP contribution in [0.3, 0.4) is 0 Å². The Morgan fingerprint density at radius 3 is 2.62 bits per heavy atom. The number of unbranched alkanes of at least 4 members (excludes halogenated alkanes) is 1. The molecule has 0 aliphatic carbocycles. The second-order valence-corrected chi connectivity index (χ2v) is 7.11. The van der Waals surface area contributed by atoms with Crippen molar-refractivity contribution < 1.29 is 19.4 Å². The topological polar surface area (TPSA) is 63.6 Å². The van der Waals surface area contributed by atoms with E-state index in [1.807, 2.05) is 0 Å². The van der Waals surface area contributed by atoms with Crippen molar-refractivity contribution in [3.8, 4) is 0 Å². The molecule has 0 saturated carbocycles. The van der Waals surface area contributed by atoms with Gasteiger partial charge in [0.15, 0.2) is 5.12 Å². The molecule has 4 atom stereocenters. The highest BCUT2D eigenvalue weighted by molar-refractivity contribution is 8.13. The molecule has 0 aromatic heterocycles. The Balaban J connectivity index is 1.76. The van der Waals surface area contributed by atoms with Gasteiger partial charge in [-0.15, -0.1) is 0 Å². The number of aliphatic carboxylic acids is 1. The number of carbonyl (C=O) groups excluding carboxylic acids is 1. The normalized spacial score (nSPS) is 31.1. The number of carboxylic acid groups (broad SMARTS) is 1. The maximum atomic E-state index is 11.2. The lowest BCUT2D eigenvalue weighted by Crippen LogP contribution is -2.28. The SMILES string of the molecule is CC(=O)SC[C@H]1[C@@H](C/C=C\CCCC(=O)O)[C@H]2CC[C@@H]1O2. The van der Waals surface area contributed by atoms with Crippen LogP contribution < -0.4 is 0 Å². The first-order valence-electron chi connectivity index (χ1n) is 7.73. The zero-order valence-electron chi connectivity index (χ0n) is 12.5. The van der Waals surface area contributed by atoms with Crippen LogP contribution in [-0.4, -0.2) is 34.2 Å². The summed E-state index contributed by atoms with van der Waals surface area (Å²) in [6, 6.07) is 0. The Kier molecular flexibility index (Phi) is 6.30. The van der Waals surface area contributed by atoms with Gasteiger partial charge in [-0.05, 0) is 38.0 Å². The van der Waals surface area contributed by atoms with Gasteiger partial charge in [-0.3, -0.25) is 9.59 Å². The monoisotopic (exact) mass is 312 g/mol. The summed E-state index contributed by atoms with van der Waals surface area (Å²) in [5.41, 5.74) is 0. The second kappa shape index (κ2) is 7.99. The summed E-state index contributed by atoms with van der Waals surface area (Å²) in [5, 5.41) is 8.76. The highest BCUT2D eigenvalue weighted by Gasteiger charge is 2.47. The van der Waals surface area contributed by atoms with Gasteiger partial charge in [-0.1, -0.05) is 23.9 Å². The van der Waals surface area contributed by atoms with Gasteiger partial charge in [0.1, 0.15) is 0 Å².